The number of thioether (sulfide) groups is 1. The molecule has 7 nitrogen and oxygen atoms in total. The van der Waals surface area contributed by atoms with Gasteiger partial charge < -0.3 is 9.64 Å². The van der Waals surface area contributed by atoms with Crippen LogP contribution in [-0.4, -0.2) is 57.0 Å². The fourth-order valence-corrected chi connectivity index (χ4v) is 4.49. The lowest BCUT2D eigenvalue weighted by Crippen LogP contribution is -3.14. The number of hydrogen-bond donors (Lipinski definition) is 1. The Kier molecular flexibility index (Phi) is 5.55. The molecule has 0 aliphatic carbocycles. The quantitative estimate of drug-likeness (QED) is 0.617. The minimum Gasteiger partial charge on any atom is -0.468 e. The molecule has 3 rings (SSSR count). The highest BCUT2D eigenvalue weighted by Gasteiger charge is 2.30. The SMILES string of the molecule is COC(=O)[C@@H]1C[NH+](Cn2nnn(-c3ccc(C)cc3C)c2=S)CCS1. The van der Waals surface area contributed by atoms with Gasteiger partial charge in [-0.2, -0.15) is 9.36 Å². The summed E-state index contributed by atoms with van der Waals surface area (Å²) in [4.78, 5) is 13.0. The number of aryl methyl sites for hydroxylation is 2. The number of nitrogens with one attached hydrogen (secondary N) is 1. The lowest BCUT2D eigenvalue weighted by Gasteiger charge is -2.27. The summed E-state index contributed by atoms with van der Waals surface area (Å²) in [5, 5.41) is 8.32. The van der Waals surface area contributed by atoms with Gasteiger partial charge in [-0.15, -0.1) is 11.8 Å². The third-order valence-corrected chi connectivity index (χ3v) is 5.89. The van der Waals surface area contributed by atoms with Crippen molar-refractivity contribution in [3.63, 3.8) is 0 Å². The number of benzene rings is 1. The van der Waals surface area contributed by atoms with E-state index in [9.17, 15) is 4.79 Å². The van der Waals surface area contributed by atoms with Crippen LogP contribution in [0, 0.1) is 18.6 Å². The number of carbonyl (C=O) groups excluding carboxylic acids is 1. The van der Waals surface area contributed by atoms with Gasteiger partial charge in [0.15, 0.2) is 11.9 Å². The zero-order valence-electron chi connectivity index (χ0n) is 14.6. The van der Waals surface area contributed by atoms with E-state index in [0.717, 1.165) is 23.5 Å². The summed E-state index contributed by atoms with van der Waals surface area (Å²) < 4.78 is 8.85. The van der Waals surface area contributed by atoms with E-state index >= 15 is 0 Å². The minimum absolute atomic E-state index is 0.127. The molecule has 0 amide bonds. The second-order valence-electron chi connectivity index (χ2n) is 6.21. The van der Waals surface area contributed by atoms with E-state index in [1.54, 1.807) is 21.1 Å². The molecule has 9 heteroatoms. The second kappa shape index (κ2) is 7.67. The Labute approximate surface area is 155 Å². The normalized spacial score (nSPS) is 20.4. The lowest BCUT2D eigenvalue weighted by atomic mass is 10.1. The van der Waals surface area contributed by atoms with Crippen molar-refractivity contribution in [2.75, 3.05) is 26.0 Å². The molecule has 134 valence electrons. The van der Waals surface area contributed by atoms with Gasteiger partial charge in [-0.3, -0.25) is 4.79 Å². The van der Waals surface area contributed by atoms with Crippen LogP contribution in [0.5, 0.6) is 0 Å². The number of hydrogen-bond acceptors (Lipinski definition) is 6. The maximum atomic E-state index is 11.8. The first kappa shape index (κ1) is 18.1. The zero-order valence-corrected chi connectivity index (χ0v) is 16.2. The molecule has 0 bridgehead atoms. The summed E-state index contributed by atoms with van der Waals surface area (Å²) >= 11 is 7.21. The van der Waals surface area contributed by atoms with Crippen LogP contribution in [0.4, 0.5) is 0 Å². The van der Waals surface area contributed by atoms with Crippen molar-refractivity contribution in [2.45, 2.75) is 25.8 Å². The van der Waals surface area contributed by atoms with E-state index in [-0.39, 0.29) is 11.2 Å². The van der Waals surface area contributed by atoms with Gasteiger partial charge in [-0.05, 0) is 48.1 Å². The minimum atomic E-state index is -0.162. The van der Waals surface area contributed by atoms with E-state index in [0.29, 0.717) is 18.0 Å². The number of aromatic nitrogens is 4. The maximum absolute atomic E-state index is 11.8. The molecule has 0 radical (unpaired) electrons. The summed E-state index contributed by atoms with van der Waals surface area (Å²) in [6.45, 7) is 6.35. The van der Waals surface area contributed by atoms with Crippen LogP contribution < -0.4 is 4.90 Å². The molecule has 1 unspecified atom stereocenters. The van der Waals surface area contributed by atoms with Gasteiger partial charge in [0.1, 0.15) is 6.54 Å². The molecule has 1 saturated heterocycles. The molecular formula is C16H22N5O2S2+. The van der Waals surface area contributed by atoms with Crippen molar-refractivity contribution in [3.8, 4) is 5.69 Å². The Morgan fingerprint density at radius 2 is 2.24 bits per heavy atom. The summed E-state index contributed by atoms with van der Waals surface area (Å²) in [5.41, 5.74) is 3.25. The third-order valence-electron chi connectivity index (χ3n) is 4.31. The highest BCUT2D eigenvalue weighted by molar-refractivity contribution is 8.00. The molecular weight excluding hydrogens is 358 g/mol. The number of carbonyl (C=O) groups is 1. The molecule has 25 heavy (non-hydrogen) atoms. The van der Waals surface area contributed by atoms with Crippen LogP contribution in [0.25, 0.3) is 5.69 Å². The van der Waals surface area contributed by atoms with Gasteiger partial charge in [0.05, 0.1) is 19.3 Å². The van der Waals surface area contributed by atoms with Crippen LogP contribution in [0.15, 0.2) is 18.2 Å². The van der Waals surface area contributed by atoms with Crippen molar-refractivity contribution >= 4 is 29.9 Å². The van der Waals surface area contributed by atoms with Gasteiger partial charge in [0.2, 0.25) is 4.77 Å². The van der Waals surface area contributed by atoms with E-state index in [4.69, 9.17) is 17.0 Å². The molecule has 2 aromatic rings. The topological polar surface area (TPSA) is 66.4 Å². The van der Waals surface area contributed by atoms with Crippen molar-refractivity contribution in [3.05, 3.63) is 34.1 Å². The van der Waals surface area contributed by atoms with Gasteiger partial charge in [0, 0.05) is 5.75 Å². The monoisotopic (exact) mass is 380 g/mol. The first-order valence-electron chi connectivity index (χ1n) is 8.13. The van der Waals surface area contributed by atoms with Crippen molar-refractivity contribution in [1.29, 1.82) is 0 Å². The van der Waals surface area contributed by atoms with Gasteiger partial charge in [-0.25, -0.2) is 0 Å². The summed E-state index contributed by atoms with van der Waals surface area (Å²) in [5.74, 6) is 0.748. The summed E-state index contributed by atoms with van der Waals surface area (Å²) in [7, 11) is 1.43. The predicted octanol–water partition coefficient (Wildman–Crippen LogP) is 0.546. The van der Waals surface area contributed by atoms with Crippen molar-refractivity contribution in [2.24, 2.45) is 0 Å². The fourth-order valence-electron chi connectivity index (χ4n) is 2.97. The third kappa shape index (κ3) is 3.94. The first-order chi connectivity index (χ1) is 12.0. The van der Waals surface area contributed by atoms with Crippen LogP contribution >= 0.6 is 24.0 Å². The molecule has 0 saturated carbocycles. The number of nitrogens with zero attached hydrogens (tertiary/aromatic N) is 4. The number of quaternary nitrogens is 1. The molecule has 2 heterocycles. The van der Waals surface area contributed by atoms with E-state index < -0.39 is 0 Å². The van der Waals surface area contributed by atoms with Gasteiger partial charge >= 0.3 is 5.97 Å². The number of ether oxygens (including phenoxy) is 1. The Morgan fingerprint density at radius 1 is 1.44 bits per heavy atom. The molecule has 2 atom stereocenters. The van der Waals surface area contributed by atoms with Crippen LogP contribution in [0.3, 0.4) is 0 Å². The standard InChI is InChI=1S/C16H21N5O2S2/c1-11-4-5-13(12(2)8-11)21-16(24)20(17-18-21)10-19-6-7-25-14(9-19)15(22)23-3/h4-5,8,14H,6-7,9-10H2,1-3H3/p+1/t14-/m0/s1. The largest absolute Gasteiger partial charge is 0.468 e. The van der Waals surface area contributed by atoms with Crippen LogP contribution in [0.2, 0.25) is 0 Å². The molecule has 1 fully saturated rings. The van der Waals surface area contributed by atoms with E-state index in [1.807, 2.05) is 19.1 Å². The Morgan fingerprint density at radius 3 is 2.96 bits per heavy atom. The highest BCUT2D eigenvalue weighted by atomic mass is 32.2. The smallest absolute Gasteiger partial charge is 0.324 e. The Hall–Kier alpha value is -1.71. The molecule has 1 aromatic heterocycles. The first-order valence-corrected chi connectivity index (χ1v) is 9.58. The van der Waals surface area contributed by atoms with Crippen LogP contribution in [-0.2, 0) is 16.2 Å². The van der Waals surface area contributed by atoms with Crippen molar-refractivity contribution in [1.82, 2.24) is 19.8 Å². The number of methoxy groups -OCH3 is 1. The highest BCUT2D eigenvalue weighted by Crippen LogP contribution is 2.15. The van der Waals surface area contributed by atoms with E-state index in [1.165, 1.54) is 17.6 Å². The number of rotatable bonds is 4. The molecule has 1 aromatic carbocycles. The fraction of sp³-hybridized carbons (Fsp3) is 0.500. The summed E-state index contributed by atoms with van der Waals surface area (Å²) in [6, 6.07) is 6.15. The molecule has 0 spiro atoms. The molecule has 1 aliphatic heterocycles. The molecule has 1 aliphatic rings. The van der Waals surface area contributed by atoms with E-state index in [2.05, 4.69) is 23.4 Å². The number of esters is 1. The Bertz CT molecular complexity index is 832. The maximum Gasteiger partial charge on any atom is 0.324 e. The van der Waals surface area contributed by atoms with Gasteiger partial charge in [0.25, 0.3) is 0 Å². The van der Waals surface area contributed by atoms with Crippen LogP contribution in [0.1, 0.15) is 11.1 Å². The predicted molar refractivity (Wildman–Crippen MR) is 98.6 cm³/mol. The average Bonchev–Trinajstić information content (AvgIpc) is 2.95. The second-order valence-corrected chi connectivity index (χ2v) is 7.88. The van der Waals surface area contributed by atoms with Crippen molar-refractivity contribution < 1.29 is 14.4 Å². The summed E-state index contributed by atoms with van der Waals surface area (Å²) in [6.07, 6.45) is 0. The zero-order chi connectivity index (χ0) is 18.0. The molecule has 1 N–H and O–H groups in total. The lowest BCUT2D eigenvalue weighted by molar-refractivity contribution is -0.921. The number of tetrazole rings is 1. The van der Waals surface area contributed by atoms with Gasteiger partial charge in [-0.1, -0.05) is 17.7 Å². The average molecular weight is 381 g/mol. The Balaban J connectivity index is 1.77.